The maximum absolute atomic E-state index is 5.96. The third-order valence-electron chi connectivity index (χ3n) is 3.40. The number of aromatic nitrogens is 3. The highest BCUT2D eigenvalue weighted by atomic mass is 32.1. The van der Waals surface area contributed by atoms with Crippen LogP contribution in [0, 0.1) is 6.92 Å². The number of aryl methyl sites for hydroxylation is 2. The number of nitrogens with zero attached hydrogens (tertiary/aromatic N) is 3. The molecule has 0 spiro atoms. The predicted molar refractivity (Wildman–Crippen MR) is 85.1 cm³/mol. The zero-order chi connectivity index (χ0) is 14.4. The molecule has 0 radical (unpaired) electrons. The summed E-state index contributed by atoms with van der Waals surface area (Å²) in [5, 5.41) is 6.52. The van der Waals surface area contributed by atoms with Gasteiger partial charge in [0.2, 0.25) is 5.88 Å². The molecule has 0 atom stereocenters. The highest BCUT2D eigenvalue weighted by Crippen LogP contribution is 2.31. The number of thiazole rings is 1. The monoisotopic (exact) mass is 295 g/mol. The molecule has 0 aliphatic carbocycles. The lowest BCUT2D eigenvalue weighted by Gasteiger charge is -2.02. The van der Waals surface area contributed by atoms with Gasteiger partial charge in [0.25, 0.3) is 0 Å². The molecular formula is C16H13N3OS. The second-order valence-electron chi connectivity index (χ2n) is 4.91. The van der Waals surface area contributed by atoms with Crippen LogP contribution >= 0.6 is 11.3 Å². The molecule has 21 heavy (non-hydrogen) atoms. The first-order valence-electron chi connectivity index (χ1n) is 6.67. The van der Waals surface area contributed by atoms with Gasteiger partial charge in [-0.05, 0) is 31.2 Å². The summed E-state index contributed by atoms with van der Waals surface area (Å²) < 4.78 is 8.96. The van der Waals surface area contributed by atoms with Crippen molar-refractivity contribution >= 4 is 32.5 Å². The summed E-state index contributed by atoms with van der Waals surface area (Å²) >= 11 is 1.69. The summed E-state index contributed by atoms with van der Waals surface area (Å²) in [6.07, 6.45) is 0. The lowest BCUT2D eigenvalue weighted by molar-refractivity contribution is 0.459. The van der Waals surface area contributed by atoms with Gasteiger partial charge in [-0.1, -0.05) is 12.1 Å². The van der Waals surface area contributed by atoms with E-state index in [0.717, 1.165) is 27.2 Å². The molecule has 0 saturated heterocycles. The fourth-order valence-electron chi connectivity index (χ4n) is 2.45. The van der Waals surface area contributed by atoms with Crippen LogP contribution < -0.4 is 4.74 Å². The van der Waals surface area contributed by atoms with Gasteiger partial charge in [0.05, 0.1) is 26.1 Å². The smallest absolute Gasteiger partial charge is 0.246 e. The van der Waals surface area contributed by atoms with Crippen molar-refractivity contribution in [1.82, 2.24) is 14.8 Å². The second kappa shape index (κ2) is 4.56. The molecule has 2 aromatic heterocycles. The number of fused-ring (bicyclic) bond motifs is 2. The number of para-hydroxylation sites is 1. The molecule has 0 fully saturated rings. The van der Waals surface area contributed by atoms with Crippen molar-refractivity contribution in [3.8, 4) is 11.6 Å². The fourth-order valence-corrected chi connectivity index (χ4v) is 3.26. The summed E-state index contributed by atoms with van der Waals surface area (Å²) in [7, 11) is 1.92. The molecule has 4 nitrogen and oxygen atoms in total. The Bertz CT molecular complexity index is 955. The SMILES string of the molecule is Cc1nc2cc(Oc3nn(C)c4ccccc34)ccc2s1. The second-order valence-corrected chi connectivity index (χ2v) is 6.15. The Morgan fingerprint density at radius 3 is 2.90 bits per heavy atom. The molecule has 0 amide bonds. The quantitative estimate of drug-likeness (QED) is 0.554. The van der Waals surface area contributed by atoms with Crippen molar-refractivity contribution in [3.05, 3.63) is 47.5 Å². The lowest BCUT2D eigenvalue weighted by Crippen LogP contribution is -1.90. The van der Waals surface area contributed by atoms with Crippen LogP contribution in [0.15, 0.2) is 42.5 Å². The Kier molecular flexibility index (Phi) is 2.68. The average Bonchev–Trinajstić information content (AvgIpc) is 2.99. The molecule has 4 aromatic rings. The van der Waals surface area contributed by atoms with Gasteiger partial charge >= 0.3 is 0 Å². The minimum Gasteiger partial charge on any atom is -0.437 e. The van der Waals surface area contributed by atoms with Gasteiger partial charge in [-0.25, -0.2) is 4.98 Å². The van der Waals surface area contributed by atoms with E-state index in [2.05, 4.69) is 10.1 Å². The highest BCUT2D eigenvalue weighted by Gasteiger charge is 2.10. The van der Waals surface area contributed by atoms with Crippen LogP contribution in [0.3, 0.4) is 0 Å². The average molecular weight is 295 g/mol. The van der Waals surface area contributed by atoms with Gasteiger partial charge in [-0.3, -0.25) is 4.68 Å². The first-order chi connectivity index (χ1) is 10.2. The van der Waals surface area contributed by atoms with E-state index >= 15 is 0 Å². The Balaban J connectivity index is 1.78. The largest absolute Gasteiger partial charge is 0.437 e. The third-order valence-corrected chi connectivity index (χ3v) is 4.36. The lowest BCUT2D eigenvalue weighted by atomic mass is 10.2. The zero-order valence-electron chi connectivity index (χ0n) is 11.7. The van der Waals surface area contributed by atoms with Crippen LogP contribution in [0.1, 0.15) is 5.01 Å². The van der Waals surface area contributed by atoms with Crippen molar-refractivity contribution in [2.75, 3.05) is 0 Å². The van der Waals surface area contributed by atoms with Crippen molar-refractivity contribution < 1.29 is 4.74 Å². The molecule has 0 aliphatic heterocycles. The molecule has 2 aromatic carbocycles. The van der Waals surface area contributed by atoms with E-state index < -0.39 is 0 Å². The van der Waals surface area contributed by atoms with E-state index in [1.165, 1.54) is 4.70 Å². The van der Waals surface area contributed by atoms with Crippen molar-refractivity contribution in [3.63, 3.8) is 0 Å². The Morgan fingerprint density at radius 2 is 2.00 bits per heavy atom. The Hall–Kier alpha value is -2.40. The summed E-state index contributed by atoms with van der Waals surface area (Å²) in [6, 6.07) is 14.0. The number of benzene rings is 2. The molecule has 104 valence electrons. The normalized spacial score (nSPS) is 11.3. The number of rotatable bonds is 2. The minimum absolute atomic E-state index is 0.624. The molecule has 0 bridgehead atoms. The van der Waals surface area contributed by atoms with E-state index in [1.807, 2.05) is 61.1 Å². The third kappa shape index (κ3) is 2.06. The maximum Gasteiger partial charge on any atom is 0.246 e. The molecule has 0 unspecified atom stereocenters. The fraction of sp³-hybridized carbons (Fsp3) is 0.125. The summed E-state index contributed by atoms with van der Waals surface area (Å²) in [5.41, 5.74) is 2.02. The number of hydrogen-bond donors (Lipinski definition) is 0. The Labute approximate surface area is 125 Å². The molecule has 5 heteroatoms. The van der Waals surface area contributed by atoms with Gasteiger partial charge in [-0.2, -0.15) is 0 Å². The molecule has 0 N–H and O–H groups in total. The highest BCUT2D eigenvalue weighted by molar-refractivity contribution is 7.18. The first-order valence-corrected chi connectivity index (χ1v) is 7.49. The topological polar surface area (TPSA) is 39.9 Å². The minimum atomic E-state index is 0.624. The summed E-state index contributed by atoms with van der Waals surface area (Å²) in [6.45, 7) is 2.01. The van der Waals surface area contributed by atoms with E-state index in [-0.39, 0.29) is 0 Å². The van der Waals surface area contributed by atoms with Gasteiger partial charge in [-0.15, -0.1) is 16.4 Å². The van der Waals surface area contributed by atoms with Crippen LogP contribution in [0.25, 0.3) is 21.1 Å². The Morgan fingerprint density at radius 1 is 1.14 bits per heavy atom. The van der Waals surface area contributed by atoms with Crippen LogP contribution in [0.2, 0.25) is 0 Å². The molecule has 2 heterocycles. The standard InChI is InChI=1S/C16H13N3OS/c1-10-17-13-9-11(7-8-15(13)21-10)20-16-12-5-3-4-6-14(12)19(2)18-16/h3-9H,1-2H3. The summed E-state index contributed by atoms with van der Waals surface area (Å²) in [4.78, 5) is 4.50. The van der Waals surface area contributed by atoms with Crippen molar-refractivity contribution in [1.29, 1.82) is 0 Å². The first kappa shape index (κ1) is 12.3. The van der Waals surface area contributed by atoms with E-state index in [1.54, 1.807) is 11.3 Å². The number of ether oxygens (including phenoxy) is 1. The van der Waals surface area contributed by atoms with Crippen LogP contribution in [-0.2, 0) is 7.05 Å². The van der Waals surface area contributed by atoms with Gasteiger partial charge < -0.3 is 4.74 Å². The zero-order valence-corrected chi connectivity index (χ0v) is 12.5. The van der Waals surface area contributed by atoms with Crippen molar-refractivity contribution in [2.45, 2.75) is 6.92 Å². The maximum atomic E-state index is 5.96. The molecule has 0 aliphatic rings. The summed E-state index contributed by atoms with van der Waals surface area (Å²) in [5.74, 6) is 1.39. The molecule has 4 rings (SSSR count). The van der Waals surface area contributed by atoms with Crippen LogP contribution in [0.4, 0.5) is 0 Å². The van der Waals surface area contributed by atoms with E-state index in [9.17, 15) is 0 Å². The van der Waals surface area contributed by atoms with E-state index in [4.69, 9.17) is 4.74 Å². The van der Waals surface area contributed by atoms with Crippen molar-refractivity contribution in [2.24, 2.45) is 7.05 Å². The van der Waals surface area contributed by atoms with E-state index in [0.29, 0.717) is 5.88 Å². The van der Waals surface area contributed by atoms with Gasteiger partial charge in [0, 0.05) is 13.1 Å². The van der Waals surface area contributed by atoms with Crippen LogP contribution in [-0.4, -0.2) is 14.8 Å². The number of hydrogen-bond acceptors (Lipinski definition) is 4. The molecular weight excluding hydrogens is 282 g/mol. The van der Waals surface area contributed by atoms with Crippen LogP contribution in [0.5, 0.6) is 11.6 Å². The molecule has 0 saturated carbocycles. The predicted octanol–water partition coefficient (Wildman–Crippen LogP) is 4.28. The van der Waals surface area contributed by atoms with Gasteiger partial charge in [0.15, 0.2) is 0 Å². The van der Waals surface area contributed by atoms with Gasteiger partial charge in [0.1, 0.15) is 5.75 Å².